The van der Waals surface area contributed by atoms with Crippen molar-refractivity contribution in [2.75, 3.05) is 13.1 Å². The summed E-state index contributed by atoms with van der Waals surface area (Å²) in [6.45, 7) is 6.41. The van der Waals surface area contributed by atoms with Gasteiger partial charge in [-0.15, -0.1) is 26.8 Å². The van der Waals surface area contributed by atoms with E-state index in [2.05, 4.69) is 37.4 Å². The van der Waals surface area contributed by atoms with Crippen LogP contribution in [0.15, 0.2) is 106 Å². The number of nitrogens with two attached hydrogens (primary N) is 1. The average Bonchev–Trinajstić information content (AvgIpc) is 3.96. The lowest BCUT2D eigenvalue weighted by atomic mass is 9.92. The second kappa shape index (κ2) is 20.5. The Hall–Kier alpha value is -7.31. The maximum atomic E-state index is 12.8. The molecule has 4 aromatic carbocycles. The molecule has 0 aliphatic heterocycles. The van der Waals surface area contributed by atoms with Gasteiger partial charge in [-0.2, -0.15) is 31.6 Å². The van der Waals surface area contributed by atoms with Gasteiger partial charge in [-0.3, -0.25) is 9.59 Å². The van der Waals surface area contributed by atoms with Crippen molar-refractivity contribution in [1.29, 1.82) is 5.26 Å². The van der Waals surface area contributed by atoms with Crippen LogP contribution in [0.25, 0.3) is 22.9 Å². The van der Waals surface area contributed by atoms with Gasteiger partial charge in [0.15, 0.2) is 0 Å². The highest BCUT2D eigenvalue weighted by atomic mass is 19.4. The summed E-state index contributed by atoms with van der Waals surface area (Å²) < 4.78 is 87.9. The van der Waals surface area contributed by atoms with Gasteiger partial charge < -0.3 is 25.0 Å². The number of aromatic nitrogens is 4. The van der Waals surface area contributed by atoms with E-state index in [1.807, 2.05) is 12.1 Å². The predicted molar refractivity (Wildman–Crippen MR) is 218 cm³/mol. The molecular formula is C45H41F6N7O5. The van der Waals surface area contributed by atoms with Crippen molar-refractivity contribution < 1.29 is 49.9 Å². The minimum atomic E-state index is -4.38. The van der Waals surface area contributed by atoms with E-state index >= 15 is 0 Å². The van der Waals surface area contributed by atoms with Gasteiger partial charge >= 0.3 is 18.3 Å². The first-order valence-electron chi connectivity index (χ1n) is 18.8. The Morgan fingerprint density at radius 2 is 1.06 bits per heavy atom. The van der Waals surface area contributed by atoms with E-state index in [9.17, 15) is 41.0 Å². The highest BCUT2D eigenvalue weighted by molar-refractivity contribution is 5.86. The van der Waals surface area contributed by atoms with Crippen molar-refractivity contribution in [3.05, 3.63) is 142 Å². The number of rotatable bonds is 11. The predicted octanol–water partition coefficient (Wildman–Crippen LogP) is 8.55. The lowest BCUT2D eigenvalue weighted by Crippen LogP contribution is -2.40. The molecule has 0 atom stereocenters. The van der Waals surface area contributed by atoms with Crippen LogP contribution in [0.1, 0.15) is 72.9 Å². The first-order valence-corrected chi connectivity index (χ1v) is 18.8. The number of amides is 1. The van der Waals surface area contributed by atoms with E-state index in [-0.39, 0.29) is 42.6 Å². The summed E-state index contributed by atoms with van der Waals surface area (Å²) in [5.74, 6) is 1.36. The van der Waals surface area contributed by atoms with Gasteiger partial charge in [0.2, 0.25) is 29.5 Å². The molecule has 63 heavy (non-hydrogen) atoms. The van der Waals surface area contributed by atoms with Gasteiger partial charge in [-0.25, -0.2) is 0 Å². The number of hydrogen-bond acceptors (Lipinski definition) is 10. The maximum Gasteiger partial charge on any atom is 0.416 e. The van der Waals surface area contributed by atoms with Crippen molar-refractivity contribution in [3.8, 4) is 41.3 Å². The smallest absolute Gasteiger partial charge is 0.416 e. The highest BCUT2D eigenvalue weighted by Crippen LogP contribution is 2.33. The van der Waals surface area contributed by atoms with Crippen LogP contribution in [0.5, 0.6) is 0 Å². The van der Waals surface area contributed by atoms with Crippen LogP contribution in [-0.2, 0) is 45.6 Å². The monoisotopic (exact) mass is 873 g/mol. The number of carbonyl (C=O) groups excluding carboxylic acids is 1. The molecule has 6 aromatic rings. The number of alkyl halides is 6. The van der Waals surface area contributed by atoms with E-state index in [4.69, 9.17) is 20.5 Å². The molecule has 2 aromatic heterocycles. The van der Waals surface area contributed by atoms with Crippen LogP contribution in [0.2, 0.25) is 0 Å². The molecule has 18 heteroatoms. The SMILES string of the molecule is C#CCNC(=O)C(C)(C)c1nnc(-c2ccccc2Cc2ccc(C(F)(F)F)cc2)o1.CC(C)(C(=O)O)c1nnc(-c2ccccc2Cc2ccc(C(F)(F)F)cc2)o1.N#CCN. The zero-order valence-corrected chi connectivity index (χ0v) is 34.3. The van der Waals surface area contributed by atoms with Crippen molar-refractivity contribution >= 4 is 11.9 Å². The number of nitrogens with one attached hydrogen (secondary N) is 1. The molecule has 0 aliphatic carbocycles. The van der Waals surface area contributed by atoms with Gasteiger partial charge in [-0.05, 0) is 99.2 Å². The standard InChI is InChI=1S/C23H20F3N3O2.C20H17F3N2O3.C2H4N2/c1-4-13-27-20(30)22(2,3)21-29-28-19(31-21)18-8-6-5-7-16(18)14-15-9-11-17(12-10-15)23(24,25)26;1-19(2,18(26)27)17-25-24-16(28-17)15-6-4-3-5-13(15)11-12-7-9-14(10-8-12)20(21,22)23;3-1-2-4/h1,5-12H,13-14H2,2-3H3,(H,27,30);3-10H,11H2,1-2H3,(H,26,27);1,3H2. The molecule has 0 aliphatic rings. The number of aliphatic carboxylic acids is 1. The molecule has 0 fully saturated rings. The number of benzene rings is 4. The van der Waals surface area contributed by atoms with Crippen LogP contribution in [0, 0.1) is 23.7 Å². The summed E-state index contributed by atoms with van der Waals surface area (Å²) in [4.78, 5) is 23.7. The molecular weight excluding hydrogens is 833 g/mol. The molecule has 0 radical (unpaired) electrons. The van der Waals surface area contributed by atoms with E-state index in [1.165, 1.54) is 38.1 Å². The Kier molecular flexibility index (Phi) is 15.7. The summed E-state index contributed by atoms with van der Waals surface area (Å²) in [7, 11) is 0. The summed E-state index contributed by atoms with van der Waals surface area (Å²) >= 11 is 0. The van der Waals surface area contributed by atoms with Crippen molar-refractivity contribution in [1.82, 2.24) is 25.7 Å². The molecule has 6 rings (SSSR count). The largest absolute Gasteiger partial charge is 0.480 e. The zero-order chi connectivity index (χ0) is 46.6. The van der Waals surface area contributed by atoms with E-state index in [1.54, 1.807) is 56.3 Å². The Morgan fingerprint density at radius 1 is 0.683 bits per heavy atom. The normalized spacial score (nSPS) is 11.5. The van der Waals surface area contributed by atoms with Crippen LogP contribution in [0.3, 0.4) is 0 Å². The lowest BCUT2D eigenvalue weighted by molar-refractivity contribution is -0.143. The Labute approximate surface area is 358 Å². The van der Waals surface area contributed by atoms with Gasteiger partial charge in [-0.1, -0.05) is 66.6 Å². The molecule has 328 valence electrons. The highest BCUT2D eigenvalue weighted by Gasteiger charge is 2.37. The molecule has 0 spiro atoms. The van der Waals surface area contributed by atoms with Crippen LogP contribution in [0.4, 0.5) is 26.3 Å². The molecule has 0 saturated heterocycles. The number of carbonyl (C=O) groups is 2. The summed E-state index contributed by atoms with van der Waals surface area (Å²) in [6, 6.07) is 26.0. The minimum Gasteiger partial charge on any atom is -0.480 e. The second-order valence-electron chi connectivity index (χ2n) is 14.7. The number of hydrogen-bond donors (Lipinski definition) is 3. The Balaban J connectivity index is 0.000000256. The van der Waals surface area contributed by atoms with Gasteiger partial charge in [0, 0.05) is 11.1 Å². The number of terminal acetylenes is 1. The molecule has 0 unspecified atom stereocenters. The Morgan fingerprint density at radius 3 is 1.41 bits per heavy atom. The van der Waals surface area contributed by atoms with Gasteiger partial charge in [0.1, 0.15) is 10.8 Å². The zero-order valence-electron chi connectivity index (χ0n) is 34.3. The molecule has 2 heterocycles. The molecule has 0 saturated carbocycles. The van der Waals surface area contributed by atoms with Gasteiger partial charge in [0.05, 0.1) is 30.3 Å². The lowest BCUT2D eigenvalue weighted by Gasteiger charge is -2.18. The van der Waals surface area contributed by atoms with Crippen molar-refractivity contribution in [2.24, 2.45) is 5.73 Å². The maximum absolute atomic E-state index is 12.8. The summed E-state index contributed by atoms with van der Waals surface area (Å²) in [5.41, 5.74) is 5.03. The number of halogens is 6. The number of carboxylic acids is 1. The van der Waals surface area contributed by atoms with E-state index in [0.717, 1.165) is 35.4 Å². The number of carboxylic acid groups (broad SMARTS) is 1. The number of nitriles is 1. The van der Waals surface area contributed by atoms with Crippen LogP contribution >= 0.6 is 0 Å². The number of nitrogens with zero attached hydrogens (tertiary/aromatic N) is 5. The van der Waals surface area contributed by atoms with Crippen LogP contribution in [-0.4, -0.2) is 50.5 Å². The Bertz CT molecular complexity index is 2570. The quantitative estimate of drug-likeness (QED) is 0.0642. The second-order valence-corrected chi connectivity index (χ2v) is 14.7. The summed E-state index contributed by atoms with van der Waals surface area (Å²) in [6.07, 6.45) is -2.86. The van der Waals surface area contributed by atoms with Crippen molar-refractivity contribution in [3.63, 3.8) is 0 Å². The first kappa shape index (κ1) is 48.4. The molecule has 12 nitrogen and oxygen atoms in total. The fourth-order valence-electron chi connectivity index (χ4n) is 5.54. The van der Waals surface area contributed by atoms with E-state index in [0.29, 0.717) is 35.1 Å². The molecule has 1 amide bonds. The van der Waals surface area contributed by atoms with E-state index < -0.39 is 40.3 Å². The average molecular weight is 874 g/mol. The molecule has 0 bridgehead atoms. The third-order valence-electron chi connectivity index (χ3n) is 9.31. The third-order valence-corrected chi connectivity index (χ3v) is 9.31. The topological polar surface area (TPSA) is 194 Å². The minimum absolute atomic E-state index is 0.0284. The van der Waals surface area contributed by atoms with Gasteiger partial charge in [0.25, 0.3) is 0 Å². The third kappa shape index (κ3) is 12.6. The fraction of sp³-hybridized carbons (Fsp3) is 0.267. The first-order chi connectivity index (χ1) is 29.6. The van der Waals surface area contributed by atoms with Crippen molar-refractivity contribution in [2.45, 2.75) is 63.7 Å². The summed E-state index contributed by atoms with van der Waals surface area (Å²) in [5, 5.41) is 35.3. The fourth-order valence-corrected chi connectivity index (χ4v) is 5.54. The molecule has 4 N–H and O–H groups in total. The van der Waals surface area contributed by atoms with Crippen LogP contribution < -0.4 is 11.1 Å².